The van der Waals surface area contributed by atoms with Gasteiger partial charge in [0.05, 0.1) is 23.1 Å². The first-order valence-corrected chi connectivity index (χ1v) is 5.86. The van der Waals surface area contributed by atoms with Gasteiger partial charge in [-0.1, -0.05) is 11.6 Å². The third-order valence-electron chi connectivity index (χ3n) is 2.59. The Balaban J connectivity index is 2.11. The quantitative estimate of drug-likeness (QED) is 0.844. The minimum absolute atomic E-state index is 0.0744. The highest BCUT2D eigenvalue weighted by Gasteiger charge is 2.29. The fraction of sp³-hybridized carbons (Fsp3) is 0.333. The normalized spacial score (nSPS) is 13.8. The van der Waals surface area contributed by atoms with Crippen LogP contribution < -0.4 is 5.32 Å². The number of aromatic nitrogens is 1. The van der Waals surface area contributed by atoms with Gasteiger partial charge >= 0.3 is 0 Å². The molecule has 1 aromatic heterocycles. The van der Waals surface area contributed by atoms with E-state index in [0.717, 1.165) is 12.8 Å². The molecule has 18 heavy (non-hydrogen) atoms. The van der Waals surface area contributed by atoms with Gasteiger partial charge in [-0.15, -0.1) is 0 Å². The van der Waals surface area contributed by atoms with Crippen molar-refractivity contribution in [3.8, 4) is 6.07 Å². The molecule has 1 heterocycles. The van der Waals surface area contributed by atoms with Crippen LogP contribution in [0.15, 0.2) is 12.3 Å². The Morgan fingerprint density at radius 3 is 2.83 bits per heavy atom. The third-order valence-corrected chi connectivity index (χ3v) is 2.91. The number of hydrogen-bond acceptors (Lipinski definition) is 4. The number of hydrogen-bond donors (Lipinski definition) is 1. The van der Waals surface area contributed by atoms with E-state index in [2.05, 4.69) is 10.3 Å². The van der Waals surface area contributed by atoms with Crippen molar-refractivity contribution in [2.75, 3.05) is 5.32 Å². The SMILES string of the molecule is N#CCC(=O)c1cnc(NC(=O)C2CC2)cc1Cl. The first-order chi connectivity index (χ1) is 8.61. The fourth-order valence-corrected chi connectivity index (χ4v) is 1.70. The Labute approximate surface area is 109 Å². The lowest BCUT2D eigenvalue weighted by Crippen LogP contribution is -2.14. The molecule has 1 amide bonds. The number of nitrogens with zero attached hydrogens (tertiary/aromatic N) is 2. The molecule has 0 saturated heterocycles. The summed E-state index contributed by atoms with van der Waals surface area (Å²) < 4.78 is 0. The Bertz CT molecular complexity index is 547. The molecule has 6 heteroatoms. The van der Waals surface area contributed by atoms with Crippen LogP contribution in [0.5, 0.6) is 0 Å². The summed E-state index contributed by atoms with van der Waals surface area (Å²) in [5, 5.41) is 11.3. The zero-order valence-electron chi connectivity index (χ0n) is 9.44. The maximum absolute atomic E-state index is 11.5. The second-order valence-electron chi connectivity index (χ2n) is 4.07. The summed E-state index contributed by atoms with van der Waals surface area (Å²) >= 11 is 5.92. The molecule has 0 unspecified atom stereocenters. The molecule has 0 spiro atoms. The van der Waals surface area contributed by atoms with Crippen molar-refractivity contribution in [3.63, 3.8) is 0 Å². The predicted octanol–water partition coefficient (Wildman–Crippen LogP) is 2.18. The Hall–Kier alpha value is -1.93. The largest absolute Gasteiger partial charge is 0.310 e. The molecule has 0 radical (unpaired) electrons. The number of Topliss-reactive ketones (excluding diaryl/α,β-unsaturated/α-hetero) is 1. The molecule has 0 aliphatic heterocycles. The number of pyridine rings is 1. The van der Waals surface area contributed by atoms with E-state index in [1.54, 1.807) is 6.07 Å². The number of rotatable bonds is 4. The van der Waals surface area contributed by atoms with Crippen LogP contribution in [-0.2, 0) is 4.79 Å². The number of nitriles is 1. The number of nitrogens with one attached hydrogen (secondary N) is 1. The van der Waals surface area contributed by atoms with Crippen molar-refractivity contribution in [2.24, 2.45) is 5.92 Å². The summed E-state index contributed by atoms with van der Waals surface area (Å²) in [6, 6.07) is 3.18. The van der Waals surface area contributed by atoms with E-state index < -0.39 is 0 Å². The average Bonchev–Trinajstić information content (AvgIpc) is 3.13. The predicted molar refractivity (Wildman–Crippen MR) is 65.2 cm³/mol. The lowest BCUT2D eigenvalue weighted by atomic mass is 10.1. The van der Waals surface area contributed by atoms with Gasteiger partial charge in [-0.3, -0.25) is 9.59 Å². The van der Waals surface area contributed by atoms with Gasteiger partial charge in [0, 0.05) is 18.2 Å². The van der Waals surface area contributed by atoms with Crippen LogP contribution in [-0.4, -0.2) is 16.7 Å². The van der Waals surface area contributed by atoms with Crippen LogP contribution in [0, 0.1) is 17.2 Å². The summed E-state index contributed by atoms with van der Waals surface area (Å²) in [4.78, 5) is 26.9. The third kappa shape index (κ3) is 2.84. The molecule has 1 aliphatic carbocycles. The average molecular weight is 264 g/mol. The van der Waals surface area contributed by atoms with E-state index in [0.29, 0.717) is 5.82 Å². The second kappa shape index (κ2) is 5.15. The zero-order valence-corrected chi connectivity index (χ0v) is 10.2. The topological polar surface area (TPSA) is 82.8 Å². The number of halogens is 1. The molecule has 1 aromatic rings. The van der Waals surface area contributed by atoms with E-state index in [9.17, 15) is 9.59 Å². The summed E-state index contributed by atoms with van der Waals surface area (Å²) in [5.74, 6) is -0.0550. The van der Waals surface area contributed by atoms with Crippen LogP contribution in [0.4, 0.5) is 5.82 Å². The van der Waals surface area contributed by atoms with Crippen molar-refractivity contribution in [1.82, 2.24) is 4.98 Å². The molecule has 0 aromatic carbocycles. The summed E-state index contributed by atoms with van der Waals surface area (Å²) in [6.07, 6.45) is 2.84. The molecular formula is C12H10ClN3O2. The maximum Gasteiger partial charge on any atom is 0.228 e. The van der Waals surface area contributed by atoms with Crippen LogP contribution in [0.1, 0.15) is 29.6 Å². The van der Waals surface area contributed by atoms with E-state index in [1.807, 2.05) is 0 Å². The Kier molecular flexibility index (Phi) is 3.58. The highest BCUT2D eigenvalue weighted by molar-refractivity contribution is 6.34. The van der Waals surface area contributed by atoms with Crippen LogP contribution in [0.3, 0.4) is 0 Å². The number of anilines is 1. The lowest BCUT2D eigenvalue weighted by molar-refractivity contribution is -0.117. The Morgan fingerprint density at radius 1 is 1.56 bits per heavy atom. The number of amides is 1. The molecule has 1 fully saturated rings. The molecule has 5 nitrogen and oxygen atoms in total. The molecule has 1 N–H and O–H groups in total. The molecule has 1 saturated carbocycles. The highest BCUT2D eigenvalue weighted by atomic mass is 35.5. The van der Waals surface area contributed by atoms with Crippen LogP contribution in [0.2, 0.25) is 5.02 Å². The monoisotopic (exact) mass is 263 g/mol. The summed E-state index contributed by atoms with van der Waals surface area (Å²) in [5.41, 5.74) is 0.197. The van der Waals surface area contributed by atoms with Crippen molar-refractivity contribution in [3.05, 3.63) is 22.8 Å². The summed E-state index contributed by atoms with van der Waals surface area (Å²) in [6.45, 7) is 0. The maximum atomic E-state index is 11.5. The fourth-order valence-electron chi connectivity index (χ4n) is 1.45. The summed E-state index contributed by atoms with van der Waals surface area (Å²) in [7, 11) is 0. The standard InChI is InChI=1S/C12H10ClN3O2/c13-9-5-11(16-12(18)7-1-2-7)15-6-8(9)10(17)3-4-14/h5-7H,1-3H2,(H,15,16,18). The van der Waals surface area contributed by atoms with Crippen LogP contribution in [0.25, 0.3) is 0 Å². The lowest BCUT2D eigenvalue weighted by Gasteiger charge is -2.05. The van der Waals surface area contributed by atoms with Crippen molar-refractivity contribution < 1.29 is 9.59 Å². The smallest absolute Gasteiger partial charge is 0.228 e. The van der Waals surface area contributed by atoms with E-state index in [1.165, 1.54) is 12.3 Å². The van der Waals surface area contributed by atoms with Crippen molar-refractivity contribution >= 4 is 29.1 Å². The Morgan fingerprint density at radius 2 is 2.28 bits per heavy atom. The molecule has 92 valence electrons. The first kappa shape index (κ1) is 12.5. The van der Waals surface area contributed by atoms with E-state index in [-0.39, 0.29) is 34.6 Å². The van der Waals surface area contributed by atoms with Gasteiger partial charge in [-0.25, -0.2) is 4.98 Å². The molecule has 1 aliphatic rings. The van der Waals surface area contributed by atoms with Gasteiger partial charge in [-0.05, 0) is 12.8 Å². The number of carbonyl (C=O) groups excluding carboxylic acids is 2. The van der Waals surface area contributed by atoms with E-state index in [4.69, 9.17) is 16.9 Å². The second-order valence-corrected chi connectivity index (χ2v) is 4.48. The van der Waals surface area contributed by atoms with Gasteiger partial charge in [0.2, 0.25) is 5.91 Å². The zero-order chi connectivity index (χ0) is 13.1. The minimum atomic E-state index is -0.380. The number of carbonyl (C=O) groups is 2. The highest BCUT2D eigenvalue weighted by Crippen LogP contribution is 2.30. The minimum Gasteiger partial charge on any atom is -0.310 e. The molecular weight excluding hydrogens is 254 g/mol. The van der Waals surface area contributed by atoms with E-state index >= 15 is 0 Å². The van der Waals surface area contributed by atoms with Gasteiger partial charge in [0.25, 0.3) is 0 Å². The molecule has 0 bridgehead atoms. The van der Waals surface area contributed by atoms with Gasteiger partial charge in [0.15, 0.2) is 5.78 Å². The first-order valence-electron chi connectivity index (χ1n) is 5.48. The van der Waals surface area contributed by atoms with Crippen LogP contribution >= 0.6 is 11.6 Å². The van der Waals surface area contributed by atoms with Crippen molar-refractivity contribution in [2.45, 2.75) is 19.3 Å². The molecule has 2 rings (SSSR count). The van der Waals surface area contributed by atoms with Crippen molar-refractivity contribution in [1.29, 1.82) is 5.26 Å². The van der Waals surface area contributed by atoms with Gasteiger partial charge in [0.1, 0.15) is 5.82 Å². The van der Waals surface area contributed by atoms with Gasteiger partial charge < -0.3 is 5.32 Å². The number of ketones is 1. The van der Waals surface area contributed by atoms with Gasteiger partial charge in [-0.2, -0.15) is 5.26 Å². The molecule has 0 atom stereocenters.